The number of hydrogen-bond acceptors (Lipinski definition) is 1. The van der Waals surface area contributed by atoms with Crippen molar-refractivity contribution in [3.8, 4) is 0 Å². The zero-order valence-electron chi connectivity index (χ0n) is 7.99. The molecule has 0 aromatic rings. The molecule has 0 unspecified atom stereocenters. The molecule has 0 radical (unpaired) electrons. The summed E-state index contributed by atoms with van der Waals surface area (Å²) in [6.07, 6.45) is -2.12. The van der Waals surface area contributed by atoms with Crippen molar-refractivity contribution in [3.05, 3.63) is 0 Å². The van der Waals surface area contributed by atoms with E-state index in [1.807, 2.05) is 0 Å². The summed E-state index contributed by atoms with van der Waals surface area (Å²) < 4.78 is 35.6. The molecule has 1 aliphatic rings. The Morgan fingerprint density at radius 2 is 1.86 bits per heavy atom. The Morgan fingerprint density at radius 1 is 1.21 bits per heavy atom. The normalized spacial score (nSPS) is 17.8. The van der Waals surface area contributed by atoms with Gasteiger partial charge in [0.25, 0.3) is 0 Å². The summed E-state index contributed by atoms with van der Waals surface area (Å²) in [5, 5.41) is 0.843. The Hall–Kier alpha value is 0.230. The lowest BCUT2D eigenvalue weighted by Gasteiger charge is -2.20. The number of alkyl halides is 4. The lowest BCUT2D eigenvalue weighted by molar-refractivity contribution is -0.136. The molecule has 5 heteroatoms. The molecular weight excluding hydrogens is 259 g/mol. The quantitative estimate of drug-likeness (QED) is 0.672. The second kappa shape index (κ2) is 5.35. The van der Waals surface area contributed by atoms with Gasteiger partial charge in [-0.25, -0.2) is 0 Å². The predicted molar refractivity (Wildman–Crippen MR) is 53.7 cm³/mol. The van der Waals surface area contributed by atoms with E-state index in [2.05, 4.69) is 20.8 Å². The smallest absolute Gasteiger partial charge is 0.300 e. The lowest BCUT2D eigenvalue weighted by Crippen LogP contribution is -2.29. The molecule has 14 heavy (non-hydrogen) atoms. The van der Waals surface area contributed by atoms with Gasteiger partial charge in [0.1, 0.15) is 0 Å². The lowest BCUT2D eigenvalue weighted by atomic mass is 10.3. The second-order valence-corrected chi connectivity index (χ2v) is 4.47. The van der Waals surface area contributed by atoms with E-state index >= 15 is 0 Å². The highest BCUT2D eigenvalue weighted by molar-refractivity contribution is 9.09. The first-order valence-corrected chi connectivity index (χ1v) is 6.02. The fourth-order valence-corrected chi connectivity index (χ4v) is 1.96. The van der Waals surface area contributed by atoms with Crippen LogP contribution in [-0.4, -0.2) is 35.5 Å². The Balaban J connectivity index is 2.13. The molecule has 1 fully saturated rings. The van der Waals surface area contributed by atoms with Crippen LogP contribution < -0.4 is 0 Å². The first-order chi connectivity index (χ1) is 6.53. The molecule has 0 aromatic heterocycles. The van der Waals surface area contributed by atoms with Crippen LogP contribution in [0.4, 0.5) is 13.2 Å². The molecule has 0 bridgehead atoms. The molecule has 0 atom stereocenters. The van der Waals surface area contributed by atoms with Crippen molar-refractivity contribution >= 4 is 15.9 Å². The standard InChI is InChI=1S/C9H15BrF3N/c10-5-7-14(8-2-3-8)6-1-4-9(11,12)13/h8H,1-7H2. The summed E-state index contributed by atoms with van der Waals surface area (Å²) in [7, 11) is 0. The molecule has 1 saturated carbocycles. The van der Waals surface area contributed by atoms with Crippen molar-refractivity contribution in [2.24, 2.45) is 0 Å². The van der Waals surface area contributed by atoms with Crippen molar-refractivity contribution in [3.63, 3.8) is 0 Å². The van der Waals surface area contributed by atoms with E-state index in [9.17, 15) is 13.2 Å². The van der Waals surface area contributed by atoms with Crippen LogP contribution in [0.5, 0.6) is 0 Å². The summed E-state index contributed by atoms with van der Waals surface area (Å²) in [4.78, 5) is 2.15. The minimum Gasteiger partial charge on any atom is -0.300 e. The minimum atomic E-state index is -4.00. The highest BCUT2D eigenvalue weighted by Crippen LogP contribution is 2.28. The van der Waals surface area contributed by atoms with E-state index in [1.54, 1.807) is 0 Å². The summed E-state index contributed by atoms with van der Waals surface area (Å²) in [5.74, 6) is 0. The van der Waals surface area contributed by atoms with Crippen LogP contribution in [-0.2, 0) is 0 Å². The molecule has 0 amide bonds. The highest BCUT2D eigenvalue weighted by Gasteiger charge is 2.30. The number of rotatable bonds is 6. The molecule has 84 valence electrons. The average molecular weight is 274 g/mol. The van der Waals surface area contributed by atoms with Gasteiger partial charge in [0, 0.05) is 24.3 Å². The predicted octanol–water partition coefficient (Wildman–Crippen LogP) is 3.19. The average Bonchev–Trinajstić information content (AvgIpc) is 2.83. The van der Waals surface area contributed by atoms with Crippen LogP contribution >= 0.6 is 15.9 Å². The Labute approximate surface area is 90.8 Å². The fraction of sp³-hybridized carbons (Fsp3) is 1.00. The van der Waals surface area contributed by atoms with Crippen LogP contribution in [0.3, 0.4) is 0 Å². The van der Waals surface area contributed by atoms with Gasteiger partial charge in [0.15, 0.2) is 0 Å². The third-order valence-electron chi connectivity index (χ3n) is 2.34. The van der Waals surface area contributed by atoms with Gasteiger partial charge >= 0.3 is 6.18 Å². The summed E-state index contributed by atoms with van der Waals surface area (Å²) in [5.41, 5.74) is 0. The molecule has 1 rings (SSSR count). The topological polar surface area (TPSA) is 3.24 Å². The number of halogens is 4. The highest BCUT2D eigenvalue weighted by atomic mass is 79.9. The van der Waals surface area contributed by atoms with Crippen molar-refractivity contribution in [1.29, 1.82) is 0 Å². The van der Waals surface area contributed by atoms with Gasteiger partial charge in [-0.15, -0.1) is 0 Å². The Kier molecular flexibility index (Phi) is 4.70. The summed E-state index contributed by atoms with van der Waals surface area (Å²) in [6, 6.07) is 0.556. The van der Waals surface area contributed by atoms with E-state index in [0.29, 0.717) is 12.6 Å². The SMILES string of the molecule is FC(F)(F)CCCN(CCBr)C1CC1. The van der Waals surface area contributed by atoms with Gasteiger partial charge in [0.05, 0.1) is 0 Å². The Morgan fingerprint density at radius 3 is 2.29 bits per heavy atom. The van der Waals surface area contributed by atoms with Crippen LogP contribution in [0.1, 0.15) is 25.7 Å². The third-order valence-corrected chi connectivity index (χ3v) is 2.70. The summed E-state index contributed by atoms with van der Waals surface area (Å²) >= 11 is 3.31. The maximum absolute atomic E-state index is 11.9. The van der Waals surface area contributed by atoms with Crippen molar-refractivity contribution in [1.82, 2.24) is 4.90 Å². The summed E-state index contributed by atoms with van der Waals surface area (Å²) in [6.45, 7) is 1.44. The van der Waals surface area contributed by atoms with Gasteiger partial charge in [-0.3, -0.25) is 4.90 Å². The zero-order valence-corrected chi connectivity index (χ0v) is 9.57. The molecule has 0 N–H and O–H groups in total. The zero-order chi connectivity index (χ0) is 10.6. The van der Waals surface area contributed by atoms with Gasteiger partial charge in [0.2, 0.25) is 0 Å². The van der Waals surface area contributed by atoms with Crippen LogP contribution in [0, 0.1) is 0 Å². The molecular formula is C9H15BrF3N. The Bertz CT molecular complexity index is 168. The minimum absolute atomic E-state index is 0.229. The maximum Gasteiger partial charge on any atom is 0.389 e. The molecule has 0 heterocycles. The number of nitrogens with zero attached hydrogens (tertiary/aromatic N) is 1. The van der Waals surface area contributed by atoms with E-state index in [-0.39, 0.29) is 6.42 Å². The van der Waals surface area contributed by atoms with Gasteiger partial charge in [-0.2, -0.15) is 13.2 Å². The largest absolute Gasteiger partial charge is 0.389 e. The van der Waals surface area contributed by atoms with Crippen molar-refractivity contribution < 1.29 is 13.2 Å². The maximum atomic E-state index is 11.9. The molecule has 0 saturated heterocycles. The van der Waals surface area contributed by atoms with Crippen LogP contribution in [0.25, 0.3) is 0 Å². The van der Waals surface area contributed by atoms with Crippen LogP contribution in [0.2, 0.25) is 0 Å². The van der Waals surface area contributed by atoms with Gasteiger partial charge < -0.3 is 0 Å². The molecule has 1 aliphatic carbocycles. The number of hydrogen-bond donors (Lipinski definition) is 0. The molecule has 0 aromatic carbocycles. The van der Waals surface area contributed by atoms with Gasteiger partial charge in [-0.1, -0.05) is 15.9 Å². The van der Waals surface area contributed by atoms with Gasteiger partial charge in [-0.05, 0) is 25.8 Å². The van der Waals surface area contributed by atoms with Crippen molar-refractivity contribution in [2.45, 2.75) is 37.9 Å². The first-order valence-electron chi connectivity index (χ1n) is 4.89. The van der Waals surface area contributed by atoms with Crippen LogP contribution in [0.15, 0.2) is 0 Å². The van der Waals surface area contributed by atoms with E-state index in [4.69, 9.17) is 0 Å². The molecule has 0 spiro atoms. The molecule has 1 nitrogen and oxygen atoms in total. The monoisotopic (exact) mass is 273 g/mol. The first kappa shape index (κ1) is 12.3. The molecule has 0 aliphatic heterocycles. The van der Waals surface area contributed by atoms with E-state index in [0.717, 1.165) is 24.7 Å². The second-order valence-electron chi connectivity index (χ2n) is 3.67. The van der Waals surface area contributed by atoms with Crippen molar-refractivity contribution in [2.75, 3.05) is 18.4 Å². The van der Waals surface area contributed by atoms with E-state index in [1.165, 1.54) is 0 Å². The third kappa shape index (κ3) is 5.20. The fourth-order valence-electron chi connectivity index (χ4n) is 1.51. The van der Waals surface area contributed by atoms with E-state index < -0.39 is 12.6 Å².